The van der Waals surface area contributed by atoms with E-state index in [1.165, 1.54) is 5.56 Å². The van der Waals surface area contributed by atoms with Crippen molar-refractivity contribution in [3.05, 3.63) is 60.2 Å². The molecule has 7 heteroatoms. The molecule has 1 saturated heterocycles. The molecule has 2 aromatic heterocycles. The largest absolute Gasteiger partial charge is 0.343 e. The van der Waals surface area contributed by atoms with Gasteiger partial charge in [0.05, 0.1) is 5.52 Å². The van der Waals surface area contributed by atoms with Gasteiger partial charge in [-0.3, -0.25) is 4.79 Å². The van der Waals surface area contributed by atoms with Crippen LogP contribution in [0.2, 0.25) is 0 Å². The van der Waals surface area contributed by atoms with Gasteiger partial charge in [-0.2, -0.15) is 0 Å². The van der Waals surface area contributed by atoms with Gasteiger partial charge in [-0.1, -0.05) is 67.2 Å². The van der Waals surface area contributed by atoms with Crippen LogP contribution in [-0.2, 0) is 11.3 Å². The van der Waals surface area contributed by atoms with E-state index in [9.17, 15) is 4.79 Å². The van der Waals surface area contributed by atoms with Crippen LogP contribution in [0.1, 0.15) is 38.2 Å². The fourth-order valence-corrected chi connectivity index (χ4v) is 5.20. The van der Waals surface area contributed by atoms with Crippen molar-refractivity contribution in [1.82, 2.24) is 24.6 Å². The third-order valence-corrected chi connectivity index (χ3v) is 7.36. The summed E-state index contributed by atoms with van der Waals surface area (Å²) in [6.07, 6.45) is 3.66. The molecule has 0 unspecified atom stereocenters. The summed E-state index contributed by atoms with van der Waals surface area (Å²) >= 11 is 1.58. The number of hydrogen-bond donors (Lipinski definition) is 0. The van der Waals surface area contributed by atoms with Gasteiger partial charge in [0.1, 0.15) is 5.52 Å². The number of piperidine rings is 1. The summed E-state index contributed by atoms with van der Waals surface area (Å²) in [5.41, 5.74) is 4.02. The number of rotatable bonds is 7. The van der Waals surface area contributed by atoms with Crippen molar-refractivity contribution in [3.63, 3.8) is 0 Å². The molecular weight excluding hydrogens is 430 g/mol. The Balaban J connectivity index is 1.29. The number of hydrogen-bond acceptors (Lipinski definition) is 5. The van der Waals surface area contributed by atoms with E-state index in [1.807, 2.05) is 23.1 Å². The maximum Gasteiger partial charge on any atom is 0.222 e. The Hall–Kier alpha value is -2.93. The molecule has 4 aromatic rings. The Morgan fingerprint density at radius 1 is 1.03 bits per heavy atom. The zero-order chi connectivity index (χ0) is 22.6. The monoisotopic (exact) mass is 459 g/mol. The molecule has 5 rings (SSSR count). The summed E-state index contributed by atoms with van der Waals surface area (Å²) in [4.78, 5) is 19.4. The van der Waals surface area contributed by atoms with Crippen molar-refractivity contribution in [2.45, 2.75) is 44.3 Å². The minimum Gasteiger partial charge on any atom is -0.343 e. The van der Waals surface area contributed by atoms with E-state index in [1.54, 1.807) is 11.8 Å². The van der Waals surface area contributed by atoms with E-state index in [0.29, 0.717) is 11.6 Å². The van der Waals surface area contributed by atoms with Crippen LogP contribution in [0, 0.1) is 5.92 Å². The smallest absolute Gasteiger partial charge is 0.222 e. The summed E-state index contributed by atoms with van der Waals surface area (Å²) < 4.78 is 2.22. The van der Waals surface area contributed by atoms with E-state index < -0.39 is 0 Å². The molecule has 0 aliphatic carbocycles. The molecule has 33 heavy (non-hydrogen) atoms. The highest BCUT2D eigenvalue weighted by molar-refractivity contribution is 7.99. The number of aromatic nitrogens is 4. The quantitative estimate of drug-likeness (QED) is 0.282. The molecule has 0 radical (unpaired) electrons. The molecule has 0 saturated carbocycles. The van der Waals surface area contributed by atoms with Gasteiger partial charge in [0.25, 0.3) is 0 Å². The lowest BCUT2D eigenvalue weighted by Crippen LogP contribution is -2.37. The van der Waals surface area contributed by atoms with Crippen molar-refractivity contribution < 1.29 is 4.79 Å². The Labute approximate surface area is 198 Å². The van der Waals surface area contributed by atoms with Crippen LogP contribution in [0.4, 0.5) is 0 Å². The van der Waals surface area contributed by atoms with Crippen molar-refractivity contribution in [2.24, 2.45) is 5.92 Å². The Morgan fingerprint density at radius 2 is 1.79 bits per heavy atom. The van der Waals surface area contributed by atoms with Crippen molar-refractivity contribution >= 4 is 39.7 Å². The molecule has 6 nitrogen and oxygen atoms in total. The second kappa shape index (κ2) is 9.91. The highest BCUT2D eigenvalue weighted by atomic mass is 32.2. The molecule has 1 amide bonds. The Bertz CT molecular complexity index is 1250. The predicted octanol–water partition coefficient (Wildman–Crippen LogP) is 5.16. The number of amides is 1. The van der Waals surface area contributed by atoms with Crippen LogP contribution < -0.4 is 0 Å². The first kappa shape index (κ1) is 21.9. The second-order valence-electron chi connectivity index (χ2n) is 8.87. The van der Waals surface area contributed by atoms with Crippen LogP contribution in [0.5, 0.6) is 0 Å². The standard InChI is InChI=1S/C26H29N5OS/c1-19-13-15-30(16-14-19)23(32)12-7-17-33-26-27-25-24(28-29-26)21-10-5-6-11-22(21)31(25)18-20-8-3-2-4-9-20/h2-6,8-11,19H,7,12-18H2,1H3. The summed E-state index contributed by atoms with van der Waals surface area (Å²) in [5, 5.41) is 10.7. The molecular formula is C26H29N5OS. The normalized spacial score (nSPS) is 14.9. The predicted molar refractivity (Wildman–Crippen MR) is 133 cm³/mol. The number of carbonyl (C=O) groups is 1. The third-order valence-electron chi connectivity index (χ3n) is 6.44. The minimum atomic E-state index is 0.278. The number of nitrogens with zero attached hydrogens (tertiary/aromatic N) is 5. The molecule has 1 aliphatic heterocycles. The lowest BCUT2D eigenvalue weighted by atomic mass is 9.99. The zero-order valence-corrected chi connectivity index (χ0v) is 19.8. The van der Waals surface area contributed by atoms with Crippen LogP contribution in [0.3, 0.4) is 0 Å². The average Bonchev–Trinajstić information content (AvgIpc) is 3.16. The second-order valence-corrected chi connectivity index (χ2v) is 9.93. The summed E-state index contributed by atoms with van der Waals surface area (Å²) in [7, 11) is 0. The Kier molecular flexibility index (Phi) is 6.58. The van der Waals surface area contributed by atoms with Gasteiger partial charge < -0.3 is 9.47 Å². The van der Waals surface area contributed by atoms with Crippen molar-refractivity contribution in [2.75, 3.05) is 18.8 Å². The lowest BCUT2D eigenvalue weighted by molar-refractivity contribution is -0.132. The van der Waals surface area contributed by atoms with Crippen LogP contribution in [-0.4, -0.2) is 49.4 Å². The SMILES string of the molecule is CC1CCN(C(=O)CCCSc2nnc3c4ccccc4n(Cc4ccccc4)c3n2)CC1. The fraction of sp³-hybridized carbons (Fsp3) is 0.385. The third kappa shape index (κ3) is 4.88. The van der Waals surface area contributed by atoms with Gasteiger partial charge in [-0.05, 0) is 36.8 Å². The molecule has 0 spiro atoms. The first-order valence-electron chi connectivity index (χ1n) is 11.7. The van der Waals surface area contributed by atoms with Gasteiger partial charge in [-0.15, -0.1) is 10.2 Å². The first-order chi connectivity index (χ1) is 16.2. The Morgan fingerprint density at radius 3 is 2.61 bits per heavy atom. The molecule has 1 fully saturated rings. The summed E-state index contributed by atoms with van der Waals surface area (Å²) in [6.45, 7) is 4.81. The van der Waals surface area contributed by atoms with Crippen LogP contribution in [0.25, 0.3) is 22.1 Å². The van der Waals surface area contributed by atoms with Crippen LogP contribution in [0.15, 0.2) is 59.8 Å². The number of para-hydroxylation sites is 1. The topological polar surface area (TPSA) is 63.9 Å². The van der Waals surface area contributed by atoms with Crippen molar-refractivity contribution in [3.8, 4) is 0 Å². The molecule has 170 valence electrons. The first-order valence-corrected chi connectivity index (χ1v) is 12.7. The molecule has 3 heterocycles. The van der Waals surface area contributed by atoms with Gasteiger partial charge in [-0.25, -0.2) is 4.98 Å². The highest BCUT2D eigenvalue weighted by Gasteiger charge is 2.20. The average molecular weight is 460 g/mol. The van der Waals surface area contributed by atoms with Gasteiger partial charge >= 0.3 is 0 Å². The molecule has 1 aliphatic rings. The minimum absolute atomic E-state index is 0.278. The maximum absolute atomic E-state index is 12.5. The molecule has 2 aromatic carbocycles. The summed E-state index contributed by atoms with van der Waals surface area (Å²) in [5.74, 6) is 1.82. The number of benzene rings is 2. The molecule has 0 atom stereocenters. The van der Waals surface area contributed by atoms with Gasteiger partial charge in [0.2, 0.25) is 11.1 Å². The number of fused-ring (bicyclic) bond motifs is 3. The van der Waals surface area contributed by atoms with E-state index in [-0.39, 0.29) is 5.91 Å². The lowest BCUT2D eigenvalue weighted by Gasteiger charge is -2.30. The highest BCUT2D eigenvalue weighted by Crippen LogP contribution is 2.28. The number of carbonyl (C=O) groups excluding carboxylic acids is 1. The van der Waals surface area contributed by atoms with E-state index in [0.717, 1.165) is 72.6 Å². The van der Waals surface area contributed by atoms with Gasteiger partial charge in [0.15, 0.2) is 5.65 Å². The summed E-state index contributed by atoms with van der Waals surface area (Å²) in [6, 6.07) is 18.7. The van der Waals surface area contributed by atoms with E-state index >= 15 is 0 Å². The van der Waals surface area contributed by atoms with E-state index in [2.05, 4.69) is 58.1 Å². The maximum atomic E-state index is 12.5. The number of likely N-dealkylation sites (tertiary alicyclic amines) is 1. The zero-order valence-electron chi connectivity index (χ0n) is 19.0. The van der Waals surface area contributed by atoms with E-state index in [4.69, 9.17) is 4.98 Å². The fourth-order valence-electron chi connectivity index (χ4n) is 4.48. The number of thioether (sulfide) groups is 1. The molecule has 0 bridgehead atoms. The van der Waals surface area contributed by atoms with Crippen LogP contribution >= 0.6 is 11.8 Å². The van der Waals surface area contributed by atoms with Gasteiger partial charge in [0, 0.05) is 37.2 Å². The molecule has 0 N–H and O–H groups in total. The van der Waals surface area contributed by atoms with Crippen molar-refractivity contribution in [1.29, 1.82) is 0 Å².